The fraction of sp³-hybridized carbons (Fsp3) is 0.600. The van der Waals surface area contributed by atoms with Crippen molar-refractivity contribution in [3.63, 3.8) is 0 Å². The number of fused-ring (bicyclic) bond motifs is 1. The lowest BCUT2D eigenvalue weighted by molar-refractivity contribution is 0.0276. The highest BCUT2D eigenvalue weighted by molar-refractivity contribution is 6.31. The summed E-state index contributed by atoms with van der Waals surface area (Å²) >= 11 is 6.39. The first-order valence-corrected chi connectivity index (χ1v) is 7.55. The molecule has 2 heterocycles. The van der Waals surface area contributed by atoms with E-state index in [9.17, 15) is 0 Å². The zero-order valence-corrected chi connectivity index (χ0v) is 12.0. The third-order valence-corrected chi connectivity index (χ3v) is 4.69. The van der Waals surface area contributed by atoms with E-state index in [4.69, 9.17) is 25.8 Å². The number of rotatable bonds is 1. The molecule has 1 saturated carbocycles. The Balaban J connectivity index is 1.63. The van der Waals surface area contributed by atoms with Gasteiger partial charge >= 0.3 is 0 Å². The highest BCUT2D eigenvalue weighted by Gasteiger charge is 2.46. The van der Waals surface area contributed by atoms with Crippen LogP contribution in [0.4, 0.5) is 0 Å². The van der Waals surface area contributed by atoms with Gasteiger partial charge in [0, 0.05) is 30.1 Å². The largest absolute Gasteiger partial charge is 0.489 e. The van der Waals surface area contributed by atoms with E-state index in [-0.39, 0.29) is 11.5 Å². The van der Waals surface area contributed by atoms with Crippen LogP contribution in [0.15, 0.2) is 12.1 Å². The Hall–Kier alpha value is -0.970. The minimum Gasteiger partial charge on any atom is -0.489 e. The molecule has 1 aliphatic carbocycles. The minimum atomic E-state index is -0.0108. The van der Waals surface area contributed by atoms with Crippen molar-refractivity contribution in [2.45, 2.75) is 18.9 Å². The van der Waals surface area contributed by atoms with Gasteiger partial charge < -0.3 is 19.5 Å². The van der Waals surface area contributed by atoms with Gasteiger partial charge in [-0.3, -0.25) is 0 Å². The van der Waals surface area contributed by atoms with Crippen LogP contribution in [0.2, 0.25) is 5.02 Å². The average molecular weight is 296 g/mol. The number of benzene rings is 1. The number of halogens is 1. The van der Waals surface area contributed by atoms with E-state index in [2.05, 4.69) is 5.32 Å². The van der Waals surface area contributed by atoms with Crippen LogP contribution in [0.5, 0.6) is 11.5 Å². The van der Waals surface area contributed by atoms with Crippen molar-refractivity contribution in [2.75, 3.05) is 32.9 Å². The van der Waals surface area contributed by atoms with Gasteiger partial charge in [0.1, 0.15) is 0 Å². The van der Waals surface area contributed by atoms with Gasteiger partial charge in [-0.05, 0) is 18.9 Å². The summed E-state index contributed by atoms with van der Waals surface area (Å²) in [5.74, 6) is 1.55. The van der Waals surface area contributed by atoms with Crippen molar-refractivity contribution >= 4 is 11.6 Å². The molecule has 0 aromatic heterocycles. The summed E-state index contributed by atoms with van der Waals surface area (Å²) in [5, 5.41) is 4.01. The van der Waals surface area contributed by atoms with Gasteiger partial charge in [0.05, 0.1) is 30.9 Å². The quantitative estimate of drug-likeness (QED) is 0.864. The molecule has 1 unspecified atom stereocenters. The molecule has 2 aliphatic heterocycles. The predicted molar refractivity (Wildman–Crippen MR) is 75.7 cm³/mol. The van der Waals surface area contributed by atoms with E-state index in [0.717, 1.165) is 43.4 Å². The van der Waals surface area contributed by atoms with Crippen LogP contribution >= 0.6 is 11.6 Å². The maximum Gasteiger partial charge on any atom is 0.162 e. The molecular weight excluding hydrogens is 278 g/mol. The van der Waals surface area contributed by atoms with Crippen molar-refractivity contribution in [3.05, 3.63) is 22.7 Å². The molecule has 1 spiro atoms. The summed E-state index contributed by atoms with van der Waals surface area (Å²) in [6.07, 6.45) is 2.37. The summed E-state index contributed by atoms with van der Waals surface area (Å²) in [4.78, 5) is 0. The first-order chi connectivity index (χ1) is 9.76. The van der Waals surface area contributed by atoms with Crippen LogP contribution < -0.4 is 14.8 Å². The van der Waals surface area contributed by atoms with E-state index in [1.165, 1.54) is 12.8 Å². The molecule has 1 aromatic rings. The summed E-state index contributed by atoms with van der Waals surface area (Å²) in [7, 11) is 0. The topological polar surface area (TPSA) is 39.7 Å². The zero-order valence-electron chi connectivity index (χ0n) is 11.3. The second kappa shape index (κ2) is 4.79. The molecule has 1 aromatic carbocycles. The normalized spacial score (nSPS) is 27.1. The molecule has 1 saturated heterocycles. The lowest BCUT2D eigenvalue weighted by atomic mass is 10.1. The molecule has 5 heteroatoms. The minimum absolute atomic E-state index is 0.0108. The average Bonchev–Trinajstić information content (AvgIpc) is 3.27. The highest BCUT2D eigenvalue weighted by Crippen LogP contribution is 2.50. The Morgan fingerprint density at radius 3 is 2.55 bits per heavy atom. The van der Waals surface area contributed by atoms with Gasteiger partial charge in [0.25, 0.3) is 0 Å². The van der Waals surface area contributed by atoms with E-state index in [0.29, 0.717) is 11.6 Å². The predicted octanol–water partition coefficient (Wildman–Crippen LogP) is 2.55. The molecule has 108 valence electrons. The number of hydrogen-bond acceptors (Lipinski definition) is 4. The van der Waals surface area contributed by atoms with E-state index < -0.39 is 0 Å². The summed E-state index contributed by atoms with van der Waals surface area (Å²) in [5.41, 5.74) is 1.22. The molecule has 4 rings (SSSR count). The maximum absolute atomic E-state index is 6.39. The smallest absolute Gasteiger partial charge is 0.162 e. The summed E-state index contributed by atoms with van der Waals surface area (Å²) < 4.78 is 17.6. The van der Waals surface area contributed by atoms with E-state index >= 15 is 0 Å². The highest BCUT2D eigenvalue weighted by atomic mass is 35.5. The van der Waals surface area contributed by atoms with Gasteiger partial charge in [-0.25, -0.2) is 0 Å². The Morgan fingerprint density at radius 1 is 1.15 bits per heavy atom. The van der Waals surface area contributed by atoms with Gasteiger partial charge in [-0.2, -0.15) is 0 Å². The van der Waals surface area contributed by atoms with Gasteiger partial charge in [-0.15, -0.1) is 0 Å². The van der Waals surface area contributed by atoms with Crippen molar-refractivity contribution in [1.82, 2.24) is 5.32 Å². The zero-order chi connectivity index (χ0) is 13.6. The molecule has 0 bridgehead atoms. The molecule has 3 aliphatic rings. The second-order valence-corrected chi connectivity index (χ2v) is 6.37. The Morgan fingerprint density at radius 2 is 1.90 bits per heavy atom. The monoisotopic (exact) mass is 295 g/mol. The lowest BCUT2D eigenvalue weighted by Crippen LogP contribution is -2.33. The molecule has 1 N–H and O–H groups in total. The van der Waals surface area contributed by atoms with Crippen molar-refractivity contribution in [3.8, 4) is 11.5 Å². The molecular formula is C15H18ClNO3. The number of ether oxygens (including phenoxy) is 3. The van der Waals surface area contributed by atoms with Crippen molar-refractivity contribution < 1.29 is 14.2 Å². The molecule has 4 nitrogen and oxygen atoms in total. The van der Waals surface area contributed by atoms with E-state index in [1.807, 2.05) is 12.1 Å². The maximum atomic E-state index is 6.39. The Bertz CT molecular complexity index is 524. The second-order valence-electron chi connectivity index (χ2n) is 5.96. The SMILES string of the molecule is Clc1cc2c(cc1C1CNCCO1)OCC1(CC1)CO2. The number of hydrogen-bond donors (Lipinski definition) is 1. The Kier molecular flexibility index (Phi) is 3.05. The summed E-state index contributed by atoms with van der Waals surface area (Å²) in [6, 6.07) is 3.85. The van der Waals surface area contributed by atoms with Gasteiger partial charge in [0.2, 0.25) is 0 Å². The van der Waals surface area contributed by atoms with Gasteiger partial charge in [0.15, 0.2) is 11.5 Å². The van der Waals surface area contributed by atoms with Crippen LogP contribution in [-0.4, -0.2) is 32.9 Å². The fourth-order valence-electron chi connectivity index (χ4n) is 2.76. The third-order valence-electron chi connectivity index (χ3n) is 4.36. The molecule has 1 atom stereocenters. The van der Waals surface area contributed by atoms with Crippen LogP contribution in [0.1, 0.15) is 24.5 Å². The number of morpholine rings is 1. The lowest BCUT2D eigenvalue weighted by Gasteiger charge is -2.25. The summed E-state index contributed by atoms with van der Waals surface area (Å²) in [6.45, 7) is 3.85. The number of nitrogens with one attached hydrogen (secondary N) is 1. The van der Waals surface area contributed by atoms with Crippen LogP contribution in [0.3, 0.4) is 0 Å². The molecule has 20 heavy (non-hydrogen) atoms. The standard InChI is InChI=1S/C15H18ClNO3/c16-11-6-13-12(19-8-15(1-2-15)9-20-13)5-10(11)14-7-17-3-4-18-14/h5-6,14,17H,1-4,7-9H2. The van der Waals surface area contributed by atoms with E-state index in [1.54, 1.807) is 0 Å². The van der Waals surface area contributed by atoms with Crippen LogP contribution in [-0.2, 0) is 4.74 Å². The van der Waals surface area contributed by atoms with Gasteiger partial charge in [-0.1, -0.05) is 11.6 Å². The molecule has 2 fully saturated rings. The Labute approximate surface area is 123 Å². The fourth-order valence-corrected chi connectivity index (χ4v) is 3.03. The van der Waals surface area contributed by atoms with Crippen LogP contribution in [0.25, 0.3) is 0 Å². The first-order valence-electron chi connectivity index (χ1n) is 7.17. The third kappa shape index (κ3) is 2.26. The van der Waals surface area contributed by atoms with Crippen LogP contribution in [0, 0.1) is 5.41 Å². The molecule has 0 amide bonds. The van der Waals surface area contributed by atoms with Crippen molar-refractivity contribution in [1.29, 1.82) is 0 Å². The molecule has 0 radical (unpaired) electrons. The first kappa shape index (κ1) is 12.7. The van der Waals surface area contributed by atoms with Crippen molar-refractivity contribution in [2.24, 2.45) is 5.41 Å².